The van der Waals surface area contributed by atoms with Crippen LogP contribution in [0.25, 0.3) is 0 Å². The van der Waals surface area contributed by atoms with Crippen molar-refractivity contribution < 1.29 is 18.4 Å². The molecule has 0 radical (unpaired) electrons. The van der Waals surface area contributed by atoms with Crippen molar-refractivity contribution in [3.63, 3.8) is 0 Å². The molecule has 2 heterocycles. The number of hydrogen-bond donors (Lipinski definition) is 1. The van der Waals surface area contributed by atoms with Crippen LogP contribution in [0.15, 0.2) is 71.3 Å². The van der Waals surface area contributed by atoms with Gasteiger partial charge in [0.15, 0.2) is 5.76 Å². The normalized spacial score (nSPS) is 15.8. The SMILES string of the molecule is O=C(NCc1ccc(F)cc1)[C@H]1Cc2ccccc2CN1C(=O)c1ccco1. The van der Waals surface area contributed by atoms with Crippen LogP contribution in [0.3, 0.4) is 0 Å². The summed E-state index contributed by atoms with van der Waals surface area (Å²) in [6, 6.07) is 16.3. The van der Waals surface area contributed by atoms with Crippen molar-refractivity contribution in [1.82, 2.24) is 10.2 Å². The molecule has 0 unspecified atom stereocenters. The number of amides is 2. The number of furan rings is 1. The fourth-order valence-corrected chi connectivity index (χ4v) is 3.42. The smallest absolute Gasteiger partial charge is 0.290 e. The molecule has 0 bridgehead atoms. The molecule has 1 N–H and O–H groups in total. The number of benzene rings is 2. The maximum atomic E-state index is 13.1. The standard InChI is InChI=1S/C22H19FN2O3/c23-18-9-7-15(8-10-18)13-24-21(26)19-12-16-4-1-2-5-17(16)14-25(19)22(27)20-6-3-11-28-20/h1-11,19H,12-14H2,(H,24,26)/t19-/m1/s1. The van der Waals surface area contributed by atoms with Crippen molar-refractivity contribution in [2.24, 2.45) is 0 Å². The lowest BCUT2D eigenvalue weighted by Gasteiger charge is -2.35. The predicted molar refractivity (Wildman–Crippen MR) is 101 cm³/mol. The van der Waals surface area contributed by atoms with Crippen molar-refractivity contribution in [2.45, 2.75) is 25.6 Å². The first-order valence-corrected chi connectivity index (χ1v) is 9.05. The Labute approximate surface area is 161 Å². The van der Waals surface area contributed by atoms with Gasteiger partial charge >= 0.3 is 0 Å². The summed E-state index contributed by atoms with van der Waals surface area (Å²) in [5, 5.41) is 2.86. The summed E-state index contributed by atoms with van der Waals surface area (Å²) in [6.07, 6.45) is 1.87. The fourth-order valence-electron chi connectivity index (χ4n) is 3.42. The molecule has 28 heavy (non-hydrogen) atoms. The van der Waals surface area contributed by atoms with Crippen LogP contribution < -0.4 is 5.32 Å². The molecule has 0 saturated carbocycles. The molecule has 4 rings (SSSR count). The van der Waals surface area contributed by atoms with Gasteiger partial charge in [-0.05, 0) is 41.0 Å². The summed E-state index contributed by atoms with van der Waals surface area (Å²) in [5.41, 5.74) is 2.85. The van der Waals surface area contributed by atoms with Gasteiger partial charge in [-0.15, -0.1) is 0 Å². The summed E-state index contributed by atoms with van der Waals surface area (Å²) in [4.78, 5) is 27.4. The van der Waals surface area contributed by atoms with E-state index in [2.05, 4.69) is 5.32 Å². The first kappa shape index (κ1) is 18.0. The molecule has 1 aliphatic heterocycles. The topological polar surface area (TPSA) is 62.6 Å². The largest absolute Gasteiger partial charge is 0.459 e. The van der Waals surface area contributed by atoms with Gasteiger partial charge in [-0.2, -0.15) is 0 Å². The van der Waals surface area contributed by atoms with Gasteiger partial charge in [-0.3, -0.25) is 9.59 Å². The second-order valence-electron chi connectivity index (χ2n) is 6.74. The second-order valence-corrected chi connectivity index (χ2v) is 6.74. The van der Waals surface area contributed by atoms with Gasteiger partial charge in [0, 0.05) is 19.5 Å². The Morgan fingerprint density at radius 2 is 1.79 bits per heavy atom. The van der Waals surface area contributed by atoms with Crippen molar-refractivity contribution in [3.05, 3.63) is 95.2 Å². The van der Waals surface area contributed by atoms with Crippen LogP contribution in [-0.4, -0.2) is 22.8 Å². The van der Waals surface area contributed by atoms with Crippen molar-refractivity contribution in [1.29, 1.82) is 0 Å². The molecule has 142 valence electrons. The summed E-state index contributed by atoms with van der Waals surface area (Å²) in [5.74, 6) is -0.690. The summed E-state index contributed by atoms with van der Waals surface area (Å²) in [6.45, 7) is 0.602. The van der Waals surface area contributed by atoms with Crippen LogP contribution in [0.2, 0.25) is 0 Å². The average Bonchev–Trinajstić information content (AvgIpc) is 3.26. The number of hydrogen-bond acceptors (Lipinski definition) is 3. The van der Waals surface area contributed by atoms with E-state index in [-0.39, 0.29) is 29.9 Å². The van der Waals surface area contributed by atoms with E-state index < -0.39 is 6.04 Å². The molecule has 1 aromatic heterocycles. The van der Waals surface area contributed by atoms with Gasteiger partial charge in [0.05, 0.1) is 6.26 Å². The maximum absolute atomic E-state index is 13.1. The summed E-state index contributed by atoms with van der Waals surface area (Å²) >= 11 is 0. The van der Waals surface area contributed by atoms with E-state index in [1.54, 1.807) is 29.2 Å². The minimum absolute atomic E-state index is 0.204. The van der Waals surface area contributed by atoms with Gasteiger partial charge < -0.3 is 14.6 Å². The lowest BCUT2D eigenvalue weighted by Crippen LogP contribution is -2.52. The zero-order chi connectivity index (χ0) is 19.5. The molecule has 2 amide bonds. The molecule has 0 spiro atoms. The minimum atomic E-state index is -0.645. The fraction of sp³-hybridized carbons (Fsp3) is 0.182. The summed E-state index contributed by atoms with van der Waals surface area (Å²) < 4.78 is 18.3. The van der Waals surface area contributed by atoms with Gasteiger partial charge in [-0.1, -0.05) is 36.4 Å². The quantitative estimate of drug-likeness (QED) is 0.758. The minimum Gasteiger partial charge on any atom is -0.459 e. The first-order valence-electron chi connectivity index (χ1n) is 9.05. The van der Waals surface area contributed by atoms with Crippen LogP contribution in [0, 0.1) is 5.82 Å². The Morgan fingerprint density at radius 3 is 2.50 bits per heavy atom. The molecular formula is C22H19FN2O3. The Kier molecular flexibility index (Phi) is 4.93. The third-order valence-electron chi connectivity index (χ3n) is 4.92. The third-order valence-corrected chi connectivity index (χ3v) is 4.92. The average molecular weight is 378 g/mol. The highest BCUT2D eigenvalue weighted by Gasteiger charge is 2.35. The number of carbonyl (C=O) groups is 2. The third kappa shape index (κ3) is 3.67. The van der Waals surface area contributed by atoms with Crippen molar-refractivity contribution in [3.8, 4) is 0 Å². The second kappa shape index (κ2) is 7.68. The van der Waals surface area contributed by atoms with Crippen LogP contribution in [0.5, 0.6) is 0 Å². The molecule has 0 saturated heterocycles. The molecule has 3 aromatic rings. The predicted octanol–water partition coefficient (Wildman–Crippen LogP) is 3.30. The maximum Gasteiger partial charge on any atom is 0.290 e. The monoisotopic (exact) mass is 378 g/mol. The Balaban J connectivity index is 1.55. The zero-order valence-corrected chi connectivity index (χ0v) is 15.1. The van der Waals surface area contributed by atoms with E-state index in [4.69, 9.17) is 4.42 Å². The van der Waals surface area contributed by atoms with Crippen molar-refractivity contribution in [2.75, 3.05) is 0 Å². The van der Waals surface area contributed by atoms with E-state index in [1.165, 1.54) is 18.4 Å². The summed E-state index contributed by atoms with van der Waals surface area (Å²) in [7, 11) is 0. The van der Waals surface area contributed by atoms with E-state index in [0.29, 0.717) is 13.0 Å². The zero-order valence-electron chi connectivity index (χ0n) is 15.1. The van der Waals surface area contributed by atoms with Gasteiger partial charge in [-0.25, -0.2) is 4.39 Å². The van der Waals surface area contributed by atoms with Gasteiger partial charge in [0.1, 0.15) is 11.9 Å². The van der Waals surface area contributed by atoms with E-state index in [0.717, 1.165) is 16.7 Å². The van der Waals surface area contributed by atoms with Crippen LogP contribution in [-0.2, 0) is 24.3 Å². The Morgan fingerprint density at radius 1 is 1.04 bits per heavy atom. The first-order chi connectivity index (χ1) is 13.6. The van der Waals surface area contributed by atoms with E-state index in [9.17, 15) is 14.0 Å². The number of halogens is 1. The highest BCUT2D eigenvalue weighted by molar-refractivity contribution is 5.96. The lowest BCUT2D eigenvalue weighted by molar-refractivity contribution is -0.126. The molecule has 6 heteroatoms. The number of rotatable bonds is 4. The van der Waals surface area contributed by atoms with Crippen LogP contribution in [0.1, 0.15) is 27.2 Å². The van der Waals surface area contributed by atoms with E-state index >= 15 is 0 Å². The van der Waals surface area contributed by atoms with Crippen molar-refractivity contribution >= 4 is 11.8 Å². The number of nitrogens with one attached hydrogen (secondary N) is 1. The van der Waals surface area contributed by atoms with Crippen LogP contribution >= 0.6 is 0 Å². The number of carbonyl (C=O) groups excluding carboxylic acids is 2. The molecular weight excluding hydrogens is 359 g/mol. The van der Waals surface area contributed by atoms with Crippen LogP contribution in [0.4, 0.5) is 4.39 Å². The van der Waals surface area contributed by atoms with E-state index in [1.807, 2.05) is 24.3 Å². The van der Waals surface area contributed by atoms with Gasteiger partial charge in [0.25, 0.3) is 5.91 Å². The lowest BCUT2D eigenvalue weighted by atomic mass is 9.93. The molecule has 1 aliphatic rings. The molecule has 0 fully saturated rings. The molecule has 2 aromatic carbocycles. The Hall–Kier alpha value is -3.41. The number of nitrogens with zero attached hydrogens (tertiary/aromatic N) is 1. The molecule has 0 aliphatic carbocycles. The Bertz CT molecular complexity index is 983. The van der Waals surface area contributed by atoms with Gasteiger partial charge in [0.2, 0.25) is 5.91 Å². The highest BCUT2D eigenvalue weighted by atomic mass is 19.1. The molecule has 5 nitrogen and oxygen atoms in total. The highest BCUT2D eigenvalue weighted by Crippen LogP contribution is 2.25. The molecule has 1 atom stereocenters. The number of fused-ring (bicyclic) bond motifs is 1.